The number of fused-ring (bicyclic) bond motifs is 3. The number of nitrogens with zero attached hydrogens (tertiary/aromatic N) is 2. The molecule has 0 saturated carbocycles. The van der Waals surface area contributed by atoms with Gasteiger partial charge in [0.25, 0.3) is 0 Å². The van der Waals surface area contributed by atoms with E-state index in [9.17, 15) is 0 Å². The lowest BCUT2D eigenvalue weighted by atomic mass is 9.90. The molecule has 3 aliphatic rings. The van der Waals surface area contributed by atoms with Crippen LogP contribution in [0, 0.1) is 0 Å². The predicted molar refractivity (Wildman–Crippen MR) is 60.5 cm³/mol. The van der Waals surface area contributed by atoms with Crippen LogP contribution in [0.4, 0.5) is 0 Å². The van der Waals surface area contributed by atoms with Crippen LogP contribution in [0.1, 0.15) is 40.5 Å². The van der Waals surface area contributed by atoms with Crippen molar-refractivity contribution in [2.45, 2.75) is 64.7 Å². The molecular formula is C12H24N2. The zero-order valence-electron chi connectivity index (χ0n) is 10.0. The van der Waals surface area contributed by atoms with Gasteiger partial charge in [0.15, 0.2) is 0 Å². The number of hydrogen-bond donors (Lipinski definition) is 0. The highest BCUT2D eigenvalue weighted by Crippen LogP contribution is 2.34. The molecule has 3 rings (SSSR count). The van der Waals surface area contributed by atoms with E-state index in [1.807, 2.05) is 0 Å². The van der Waals surface area contributed by atoms with Crippen molar-refractivity contribution in [3.05, 3.63) is 0 Å². The van der Waals surface area contributed by atoms with Crippen LogP contribution >= 0.6 is 0 Å². The molecule has 3 fully saturated rings. The summed E-state index contributed by atoms with van der Waals surface area (Å²) in [5.41, 5.74) is 0. The van der Waals surface area contributed by atoms with Crippen molar-refractivity contribution in [3.63, 3.8) is 0 Å². The van der Waals surface area contributed by atoms with E-state index in [4.69, 9.17) is 0 Å². The van der Waals surface area contributed by atoms with Gasteiger partial charge < -0.3 is 0 Å². The van der Waals surface area contributed by atoms with E-state index >= 15 is 0 Å². The molecule has 0 spiro atoms. The topological polar surface area (TPSA) is 6.48 Å². The molecule has 2 unspecified atom stereocenters. The molecule has 14 heavy (non-hydrogen) atoms. The van der Waals surface area contributed by atoms with Crippen LogP contribution in [0.2, 0.25) is 0 Å². The van der Waals surface area contributed by atoms with Gasteiger partial charge in [0, 0.05) is 30.7 Å². The van der Waals surface area contributed by atoms with E-state index in [-0.39, 0.29) is 0 Å². The van der Waals surface area contributed by atoms with Crippen LogP contribution in [-0.4, -0.2) is 47.1 Å². The Kier molecular flexibility index (Phi) is 2.85. The quantitative estimate of drug-likeness (QED) is 0.666. The van der Waals surface area contributed by atoms with Crippen LogP contribution in [0.5, 0.6) is 0 Å². The Labute approximate surface area is 88.3 Å². The first-order valence-electron chi connectivity index (χ1n) is 6.11. The van der Waals surface area contributed by atoms with Gasteiger partial charge in [0.05, 0.1) is 0 Å². The third-order valence-electron chi connectivity index (χ3n) is 3.91. The molecule has 0 aromatic carbocycles. The Morgan fingerprint density at radius 1 is 1.00 bits per heavy atom. The van der Waals surface area contributed by atoms with Gasteiger partial charge in [-0.05, 0) is 47.1 Å². The number of hydrogen-bond acceptors (Lipinski definition) is 2. The van der Waals surface area contributed by atoms with Crippen molar-refractivity contribution in [3.8, 4) is 0 Å². The van der Waals surface area contributed by atoms with Crippen LogP contribution in [0.3, 0.4) is 0 Å². The molecule has 0 radical (unpaired) electrons. The molecule has 2 nitrogen and oxygen atoms in total. The van der Waals surface area contributed by atoms with Gasteiger partial charge in [-0.2, -0.15) is 0 Å². The van der Waals surface area contributed by atoms with Crippen LogP contribution in [0.15, 0.2) is 0 Å². The monoisotopic (exact) mass is 196 g/mol. The highest BCUT2D eigenvalue weighted by atomic mass is 15.3. The van der Waals surface area contributed by atoms with Gasteiger partial charge in [-0.1, -0.05) is 0 Å². The minimum Gasteiger partial charge on any atom is -0.299 e. The molecule has 0 aromatic rings. The molecule has 0 N–H and O–H groups in total. The van der Waals surface area contributed by atoms with E-state index in [1.165, 1.54) is 25.9 Å². The first-order chi connectivity index (χ1) is 6.59. The minimum absolute atomic E-state index is 0.725. The van der Waals surface area contributed by atoms with E-state index < -0.39 is 0 Å². The average Bonchev–Trinajstić information content (AvgIpc) is 2.31. The van der Waals surface area contributed by atoms with Crippen LogP contribution in [-0.2, 0) is 0 Å². The SMILES string of the molecule is CC(C)N1CCC2CC(C1)N2C(C)C. The standard InChI is InChI=1S/C12H24N2/c1-9(2)13-6-5-11-7-12(8-13)14(11)10(3)4/h9-12H,5-8H2,1-4H3. The molecule has 82 valence electrons. The molecule has 2 bridgehead atoms. The van der Waals surface area contributed by atoms with Crippen molar-refractivity contribution in [2.24, 2.45) is 0 Å². The second-order valence-electron chi connectivity index (χ2n) is 5.46. The van der Waals surface area contributed by atoms with Crippen molar-refractivity contribution in [2.75, 3.05) is 13.1 Å². The fraction of sp³-hybridized carbons (Fsp3) is 1.00. The van der Waals surface area contributed by atoms with Gasteiger partial charge in [-0.3, -0.25) is 9.80 Å². The Bertz CT molecular complexity index is 200. The van der Waals surface area contributed by atoms with Gasteiger partial charge in [-0.15, -0.1) is 0 Å². The Morgan fingerprint density at radius 3 is 2.29 bits per heavy atom. The Balaban J connectivity index is 1.99. The van der Waals surface area contributed by atoms with Crippen molar-refractivity contribution in [1.82, 2.24) is 9.80 Å². The average molecular weight is 196 g/mol. The third kappa shape index (κ3) is 1.70. The smallest absolute Gasteiger partial charge is 0.0243 e. The number of rotatable bonds is 2. The zero-order chi connectivity index (χ0) is 10.3. The summed E-state index contributed by atoms with van der Waals surface area (Å²) in [4.78, 5) is 5.37. The van der Waals surface area contributed by atoms with Crippen molar-refractivity contribution in [1.29, 1.82) is 0 Å². The molecule has 2 heteroatoms. The summed E-state index contributed by atoms with van der Waals surface area (Å²) in [6.45, 7) is 11.9. The summed E-state index contributed by atoms with van der Waals surface area (Å²) >= 11 is 0. The molecule has 0 aliphatic carbocycles. The highest BCUT2D eigenvalue weighted by Gasteiger charge is 2.42. The van der Waals surface area contributed by atoms with Crippen LogP contribution < -0.4 is 0 Å². The molecule has 3 saturated heterocycles. The van der Waals surface area contributed by atoms with E-state index in [1.54, 1.807) is 0 Å². The first-order valence-corrected chi connectivity index (χ1v) is 6.11. The Morgan fingerprint density at radius 2 is 1.71 bits per heavy atom. The maximum atomic E-state index is 2.72. The summed E-state index contributed by atoms with van der Waals surface area (Å²) in [5.74, 6) is 0. The third-order valence-corrected chi connectivity index (χ3v) is 3.91. The zero-order valence-corrected chi connectivity index (χ0v) is 10.0. The summed E-state index contributed by atoms with van der Waals surface area (Å²) in [6, 6.07) is 3.21. The van der Waals surface area contributed by atoms with E-state index in [0.717, 1.165) is 24.2 Å². The predicted octanol–water partition coefficient (Wildman–Crippen LogP) is 1.95. The lowest BCUT2D eigenvalue weighted by Gasteiger charge is -2.50. The molecule has 0 amide bonds. The molecule has 2 atom stereocenters. The second kappa shape index (κ2) is 3.82. The Hall–Kier alpha value is -0.0800. The maximum Gasteiger partial charge on any atom is 0.0243 e. The van der Waals surface area contributed by atoms with Gasteiger partial charge >= 0.3 is 0 Å². The molecule has 0 aromatic heterocycles. The summed E-state index contributed by atoms with van der Waals surface area (Å²) < 4.78 is 0. The molecular weight excluding hydrogens is 172 g/mol. The fourth-order valence-electron chi connectivity index (χ4n) is 3.14. The second-order valence-corrected chi connectivity index (χ2v) is 5.46. The largest absolute Gasteiger partial charge is 0.299 e. The van der Waals surface area contributed by atoms with Gasteiger partial charge in [0.1, 0.15) is 0 Å². The summed E-state index contributed by atoms with van der Waals surface area (Å²) in [6.07, 6.45) is 2.83. The minimum atomic E-state index is 0.725. The molecule has 3 heterocycles. The van der Waals surface area contributed by atoms with Crippen LogP contribution in [0.25, 0.3) is 0 Å². The van der Waals surface area contributed by atoms with Gasteiger partial charge in [-0.25, -0.2) is 0 Å². The summed E-state index contributed by atoms with van der Waals surface area (Å²) in [5, 5.41) is 0. The molecule has 3 aliphatic heterocycles. The van der Waals surface area contributed by atoms with Gasteiger partial charge in [0.2, 0.25) is 0 Å². The van der Waals surface area contributed by atoms with E-state index in [0.29, 0.717) is 0 Å². The van der Waals surface area contributed by atoms with E-state index in [2.05, 4.69) is 37.5 Å². The maximum absolute atomic E-state index is 2.72. The highest BCUT2D eigenvalue weighted by molar-refractivity contribution is 4.99. The fourth-order valence-corrected chi connectivity index (χ4v) is 3.14. The normalized spacial score (nSPS) is 34.7. The lowest BCUT2D eigenvalue weighted by molar-refractivity contribution is -0.00902. The first kappa shape index (κ1) is 10.4. The lowest BCUT2D eigenvalue weighted by Crippen LogP contribution is -2.59. The van der Waals surface area contributed by atoms with Crippen molar-refractivity contribution >= 4 is 0 Å². The van der Waals surface area contributed by atoms with Crippen molar-refractivity contribution < 1.29 is 0 Å². The summed E-state index contributed by atoms with van der Waals surface area (Å²) in [7, 11) is 0.